The molecule has 0 aromatic heterocycles. The predicted molar refractivity (Wildman–Crippen MR) is 183 cm³/mol. The molecule has 0 aliphatic heterocycles. The number of esters is 1. The van der Waals surface area contributed by atoms with Crippen LogP contribution in [0.15, 0.2) is 115 Å². The van der Waals surface area contributed by atoms with E-state index in [-0.39, 0.29) is 5.91 Å². The number of benzene rings is 5. The van der Waals surface area contributed by atoms with Gasteiger partial charge in [0.1, 0.15) is 6.04 Å². The van der Waals surface area contributed by atoms with Crippen molar-refractivity contribution < 1.29 is 14.3 Å². The highest BCUT2D eigenvalue weighted by Crippen LogP contribution is 2.30. The number of amides is 1. The minimum atomic E-state index is -0.708. The number of methoxy groups -OCH3 is 1. The Labute approximate surface area is 264 Å². The summed E-state index contributed by atoms with van der Waals surface area (Å²) < 4.78 is 4.99. The number of carbonyl (C=O) groups is 2. The van der Waals surface area contributed by atoms with Gasteiger partial charge in [0.25, 0.3) is 5.91 Å². The van der Waals surface area contributed by atoms with Crippen molar-refractivity contribution in [1.82, 2.24) is 5.32 Å². The molecule has 6 heteroatoms. The maximum Gasteiger partial charge on any atom is 0.328 e. The van der Waals surface area contributed by atoms with Crippen LogP contribution in [0.25, 0.3) is 21.9 Å². The van der Waals surface area contributed by atoms with E-state index >= 15 is 0 Å². The van der Waals surface area contributed by atoms with Crippen LogP contribution in [0.1, 0.15) is 33.5 Å². The molecule has 0 radical (unpaired) electrons. The predicted octanol–water partition coefficient (Wildman–Crippen LogP) is 8.05. The standard InChI is InChI=1S/C38H38N2O3S/c1-27-11-7-10-16-33(27)35-24-29(18-20-34(35)37(41)39-36(21-22-44-3)38(42)43-2)26-40(32-14-5-4-6-15-32)25-28-17-19-30-12-8-9-13-31(30)23-28/h4-20,23-24,36H,21-22,25-26H2,1-3H3,(H,39,41)/t36-/m0/s1. The van der Waals surface area contributed by atoms with E-state index in [1.54, 1.807) is 11.8 Å². The second-order valence-electron chi connectivity index (χ2n) is 10.9. The smallest absolute Gasteiger partial charge is 0.328 e. The first kappa shape index (κ1) is 30.9. The summed E-state index contributed by atoms with van der Waals surface area (Å²) in [7, 11) is 1.35. The number of ether oxygens (including phenoxy) is 1. The fraction of sp³-hybridized carbons (Fsp3) is 0.211. The Morgan fingerprint density at radius 3 is 2.16 bits per heavy atom. The summed E-state index contributed by atoms with van der Waals surface area (Å²) in [5, 5.41) is 5.39. The van der Waals surface area contributed by atoms with E-state index in [2.05, 4.69) is 96.0 Å². The van der Waals surface area contributed by atoms with E-state index in [4.69, 9.17) is 4.74 Å². The van der Waals surface area contributed by atoms with Crippen molar-refractivity contribution in [3.05, 3.63) is 138 Å². The van der Waals surface area contributed by atoms with E-state index in [1.165, 1.54) is 23.4 Å². The third-order valence-corrected chi connectivity index (χ3v) is 8.49. The van der Waals surface area contributed by atoms with E-state index in [0.717, 1.165) is 40.2 Å². The molecule has 0 spiro atoms. The number of nitrogens with zero attached hydrogens (tertiary/aromatic N) is 1. The lowest BCUT2D eigenvalue weighted by Gasteiger charge is -2.26. The SMILES string of the molecule is COC(=O)[C@H](CCSC)NC(=O)c1ccc(CN(Cc2ccc3ccccc3c2)c2ccccc2)cc1-c1ccccc1C. The van der Waals surface area contributed by atoms with E-state index in [9.17, 15) is 9.59 Å². The maximum absolute atomic E-state index is 13.7. The molecule has 0 aliphatic rings. The Morgan fingerprint density at radius 2 is 1.43 bits per heavy atom. The van der Waals surface area contributed by atoms with Crippen molar-refractivity contribution in [2.24, 2.45) is 0 Å². The van der Waals surface area contributed by atoms with E-state index < -0.39 is 12.0 Å². The molecule has 0 fully saturated rings. The summed E-state index contributed by atoms with van der Waals surface area (Å²) in [6.45, 7) is 3.43. The molecule has 5 aromatic carbocycles. The molecule has 1 atom stereocenters. The van der Waals surface area contributed by atoms with Gasteiger partial charge >= 0.3 is 5.97 Å². The van der Waals surface area contributed by atoms with Gasteiger partial charge < -0.3 is 15.0 Å². The lowest BCUT2D eigenvalue weighted by Crippen LogP contribution is -2.42. The van der Waals surface area contributed by atoms with Crippen molar-refractivity contribution in [3.8, 4) is 11.1 Å². The molecule has 1 amide bonds. The van der Waals surface area contributed by atoms with Gasteiger partial charge in [0.05, 0.1) is 7.11 Å². The first-order chi connectivity index (χ1) is 21.5. The number of carbonyl (C=O) groups excluding carboxylic acids is 2. The van der Waals surface area contributed by atoms with Crippen LogP contribution in [0.3, 0.4) is 0 Å². The highest BCUT2D eigenvalue weighted by molar-refractivity contribution is 7.98. The van der Waals surface area contributed by atoms with Crippen molar-refractivity contribution in [3.63, 3.8) is 0 Å². The molecule has 0 heterocycles. The maximum atomic E-state index is 13.7. The van der Waals surface area contributed by atoms with Gasteiger partial charge in [-0.2, -0.15) is 11.8 Å². The topological polar surface area (TPSA) is 58.6 Å². The van der Waals surface area contributed by atoms with Gasteiger partial charge in [-0.05, 0) is 94.3 Å². The van der Waals surface area contributed by atoms with Gasteiger partial charge in [0.2, 0.25) is 0 Å². The van der Waals surface area contributed by atoms with Crippen LogP contribution in [0.2, 0.25) is 0 Å². The minimum Gasteiger partial charge on any atom is -0.467 e. The fourth-order valence-corrected chi connectivity index (χ4v) is 5.98. The fourth-order valence-electron chi connectivity index (χ4n) is 5.50. The summed E-state index contributed by atoms with van der Waals surface area (Å²) in [6, 6.07) is 38.8. The normalized spacial score (nSPS) is 11.6. The van der Waals surface area contributed by atoms with Crippen LogP contribution in [0.5, 0.6) is 0 Å². The summed E-state index contributed by atoms with van der Waals surface area (Å²) in [4.78, 5) is 28.5. The monoisotopic (exact) mass is 602 g/mol. The summed E-state index contributed by atoms with van der Waals surface area (Å²) >= 11 is 1.63. The van der Waals surface area contributed by atoms with Gasteiger partial charge in [-0.3, -0.25) is 4.79 Å². The summed E-state index contributed by atoms with van der Waals surface area (Å²) in [5.74, 6) is 0.00642. The average Bonchev–Trinajstić information content (AvgIpc) is 3.06. The van der Waals surface area contributed by atoms with Crippen molar-refractivity contribution in [1.29, 1.82) is 0 Å². The van der Waals surface area contributed by atoms with Crippen molar-refractivity contribution >= 4 is 40.1 Å². The number of hydrogen-bond acceptors (Lipinski definition) is 5. The van der Waals surface area contributed by atoms with Gasteiger partial charge in [-0.1, -0.05) is 84.9 Å². The Hall–Kier alpha value is -4.55. The zero-order valence-electron chi connectivity index (χ0n) is 25.5. The minimum absolute atomic E-state index is 0.289. The molecule has 5 nitrogen and oxygen atoms in total. The Kier molecular flexibility index (Phi) is 10.4. The Bertz CT molecular complexity index is 1740. The molecule has 0 unspecified atom stereocenters. The molecule has 0 aliphatic carbocycles. The molecular weight excluding hydrogens is 564 g/mol. The van der Waals surface area contributed by atoms with E-state index in [0.29, 0.717) is 18.5 Å². The molecule has 0 saturated carbocycles. The molecule has 44 heavy (non-hydrogen) atoms. The number of nitrogens with one attached hydrogen (secondary N) is 1. The molecule has 5 rings (SSSR count). The highest BCUT2D eigenvalue weighted by atomic mass is 32.2. The second-order valence-corrected chi connectivity index (χ2v) is 11.9. The van der Waals surface area contributed by atoms with Gasteiger partial charge in [0, 0.05) is 24.3 Å². The number of aryl methyl sites for hydroxylation is 1. The summed E-state index contributed by atoms with van der Waals surface area (Å²) in [5.41, 5.74) is 6.85. The average molecular weight is 603 g/mol. The number of hydrogen-bond donors (Lipinski definition) is 1. The van der Waals surface area contributed by atoms with Crippen molar-refractivity contribution in [2.75, 3.05) is 24.0 Å². The van der Waals surface area contributed by atoms with Crippen LogP contribution in [-0.4, -0.2) is 37.0 Å². The number of thioether (sulfide) groups is 1. The molecule has 0 saturated heterocycles. The lowest BCUT2D eigenvalue weighted by atomic mass is 9.93. The van der Waals surface area contributed by atoms with Crippen LogP contribution in [-0.2, 0) is 22.6 Å². The molecule has 224 valence electrons. The van der Waals surface area contributed by atoms with Crippen LogP contribution < -0.4 is 10.2 Å². The van der Waals surface area contributed by atoms with Gasteiger partial charge in [0.15, 0.2) is 0 Å². The number of anilines is 1. The first-order valence-corrected chi connectivity index (χ1v) is 16.2. The highest BCUT2D eigenvalue weighted by Gasteiger charge is 2.24. The molecule has 5 aromatic rings. The zero-order valence-corrected chi connectivity index (χ0v) is 26.3. The first-order valence-electron chi connectivity index (χ1n) is 14.8. The third kappa shape index (κ3) is 7.50. The third-order valence-electron chi connectivity index (χ3n) is 7.85. The zero-order chi connectivity index (χ0) is 30.9. The van der Waals surface area contributed by atoms with Crippen LogP contribution in [0, 0.1) is 6.92 Å². The van der Waals surface area contributed by atoms with Gasteiger partial charge in [-0.25, -0.2) is 4.79 Å². The second kappa shape index (κ2) is 14.8. The summed E-state index contributed by atoms with van der Waals surface area (Å²) in [6.07, 6.45) is 2.47. The van der Waals surface area contributed by atoms with Crippen molar-refractivity contribution in [2.45, 2.75) is 32.5 Å². The van der Waals surface area contributed by atoms with E-state index in [1.807, 2.05) is 42.7 Å². The number of fused-ring (bicyclic) bond motifs is 1. The Balaban J connectivity index is 1.50. The quantitative estimate of drug-likeness (QED) is 0.147. The van der Waals surface area contributed by atoms with Gasteiger partial charge in [-0.15, -0.1) is 0 Å². The number of para-hydroxylation sites is 1. The Morgan fingerprint density at radius 1 is 0.773 bits per heavy atom. The molecular formula is C38H38N2O3S. The molecule has 0 bridgehead atoms. The van der Waals surface area contributed by atoms with Crippen LogP contribution in [0.4, 0.5) is 5.69 Å². The lowest BCUT2D eigenvalue weighted by molar-refractivity contribution is -0.142. The molecule has 1 N–H and O–H groups in total. The number of rotatable bonds is 12. The largest absolute Gasteiger partial charge is 0.467 e. The van der Waals surface area contributed by atoms with Crippen LogP contribution >= 0.6 is 11.8 Å².